The van der Waals surface area contributed by atoms with Crippen LogP contribution < -0.4 is 15.4 Å². The summed E-state index contributed by atoms with van der Waals surface area (Å²) in [5.41, 5.74) is 3.24. The molecule has 0 unspecified atom stereocenters. The van der Waals surface area contributed by atoms with Gasteiger partial charge in [-0.2, -0.15) is 0 Å². The van der Waals surface area contributed by atoms with Crippen LogP contribution in [0.25, 0.3) is 11.1 Å². The molecule has 1 fully saturated rings. The second-order valence-electron chi connectivity index (χ2n) is 8.13. The molecule has 1 saturated carbocycles. The number of hydrogen-bond acceptors (Lipinski definition) is 6. The quantitative estimate of drug-likeness (QED) is 0.383. The Kier molecular flexibility index (Phi) is 4.56. The first kappa shape index (κ1) is 20.5. The Labute approximate surface area is 188 Å². The van der Waals surface area contributed by atoms with Gasteiger partial charge in [-0.15, -0.1) is 0 Å². The van der Waals surface area contributed by atoms with E-state index >= 15 is 0 Å². The Hall–Kier alpha value is -4.40. The third-order valence-corrected chi connectivity index (χ3v) is 6.22. The van der Waals surface area contributed by atoms with Crippen molar-refractivity contribution in [1.82, 2.24) is 0 Å². The molecule has 9 heteroatoms. The summed E-state index contributed by atoms with van der Waals surface area (Å²) in [6.45, 7) is 0. The first-order valence-corrected chi connectivity index (χ1v) is 10.3. The number of nitrogens with zero attached hydrogens (tertiary/aromatic N) is 1. The SMILES string of the molecule is COc1cc(-c2ccc3c(c2)Nc2ccc(C4(C(=O)O)CC4)cc2NC3=O)ccc1[N+](=O)[O-]. The van der Waals surface area contributed by atoms with Crippen molar-refractivity contribution in [1.29, 1.82) is 0 Å². The lowest BCUT2D eigenvalue weighted by Crippen LogP contribution is -2.20. The third-order valence-electron chi connectivity index (χ3n) is 6.22. The molecule has 1 heterocycles. The Bertz CT molecular complexity index is 1350. The summed E-state index contributed by atoms with van der Waals surface area (Å²) in [4.78, 5) is 35.2. The van der Waals surface area contributed by atoms with Crippen molar-refractivity contribution in [2.45, 2.75) is 18.3 Å². The van der Waals surface area contributed by atoms with Gasteiger partial charge < -0.3 is 20.5 Å². The maximum Gasteiger partial charge on any atom is 0.314 e. The molecule has 2 aliphatic rings. The fourth-order valence-electron chi connectivity index (χ4n) is 4.17. The second kappa shape index (κ2) is 7.33. The number of methoxy groups -OCH3 is 1. The van der Waals surface area contributed by atoms with E-state index in [9.17, 15) is 24.8 Å². The van der Waals surface area contributed by atoms with E-state index in [2.05, 4.69) is 10.6 Å². The fourth-order valence-corrected chi connectivity index (χ4v) is 4.17. The average molecular weight is 445 g/mol. The highest BCUT2D eigenvalue weighted by Gasteiger charge is 2.52. The highest BCUT2D eigenvalue weighted by Crippen LogP contribution is 2.50. The first-order valence-electron chi connectivity index (χ1n) is 10.3. The second-order valence-corrected chi connectivity index (χ2v) is 8.13. The van der Waals surface area contributed by atoms with Crippen LogP contribution >= 0.6 is 0 Å². The van der Waals surface area contributed by atoms with Crippen LogP contribution in [0.4, 0.5) is 22.7 Å². The zero-order chi connectivity index (χ0) is 23.3. The van der Waals surface area contributed by atoms with E-state index in [1.807, 2.05) is 0 Å². The number of nitro benzene ring substituents is 1. The summed E-state index contributed by atoms with van der Waals surface area (Å²) in [5, 5.41) is 26.9. The van der Waals surface area contributed by atoms with Gasteiger partial charge in [0.05, 0.1) is 40.1 Å². The number of benzene rings is 3. The molecule has 0 saturated heterocycles. The van der Waals surface area contributed by atoms with E-state index < -0.39 is 16.3 Å². The number of aliphatic carboxylic acids is 1. The maximum absolute atomic E-state index is 12.9. The summed E-state index contributed by atoms with van der Waals surface area (Å²) < 4.78 is 5.16. The van der Waals surface area contributed by atoms with Crippen LogP contribution in [-0.4, -0.2) is 29.0 Å². The summed E-state index contributed by atoms with van der Waals surface area (Å²) >= 11 is 0. The summed E-state index contributed by atoms with van der Waals surface area (Å²) in [7, 11) is 1.37. The number of nitrogens with one attached hydrogen (secondary N) is 2. The van der Waals surface area contributed by atoms with Gasteiger partial charge in [0.1, 0.15) is 0 Å². The van der Waals surface area contributed by atoms with E-state index in [4.69, 9.17) is 4.74 Å². The van der Waals surface area contributed by atoms with Crippen LogP contribution in [0.2, 0.25) is 0 Å². The topological polar surface area (TPSA) is 131 Å². The Morgan fingerprint density at radius 1 is 1.00 bits per heavy atom. The average Bonchev–Trinajstić information content (AvgIpc) is 3.62. The summed E-state index contributed by atoms with van der Waals surface area (Å²) in [5.74, 6) is -1.04. The molecule has 1 aliphatic carbocycles. The van der Waals surface area contributed by atoms with Crippen LogP contribution in [0.15, 0.2) is 54.6 Å². The normalized spacial score (nSPS) is 15.2. The lowest BCUT2D eigenvalue weighted by atomic mass is 9.95. The van der Waals surface area contributed by atoms with Crippen molar-refractivity contribution in [2.24, 2.45) is 0 Å². The molecule has 3 aromatic carbocycles. The van der Waals surface area contributed by atoms with Gasteiger partial charge in [0, 0.05) is 6.07 Å². The Balaban J connectivity index is 1.53. The largest absolute Gasteiger partial charge is 0.490 e. The number of carbonyl (C=O) groups is 2. The lowest BCUT2D eigenvalue weighted by molar-refractivity contribution is -0.385. The number of carbonyl (C=O) groups excluding carboxylic acids is 1. The van der Waals surface area contributed by atoms with Gasteiger partial charge in [-0.1, -0.05) is 12.1 Å². The first-order chi connectivity index (χ1) is 15.8. The van der Waals surface area contributed by atoms with E-state index in [-0.39, 0.29) is 17.3 Å². The van der Waals surface area contributed by atoms with Crippen LogP contribution in [0.3, 0.4) is 0 Å². The van der Waals surface area contributed by atoms with Crippen LogP contribution in [0, 0.1) is 10.1 Å². The van der Waals surface area contributed by atoms with Gasteiger partial charge in [-0.25, -0.2) is 0 Å². The molecule has 9 nitrogen and oxygen atoms in total. The van der Waals surface area contributed by atoms with E-state index in [1.165, 1.54) is 13.2 Å². The molecular weight excluding hydrogens is 426 g/mol. The standard InChI is InChI=1S/C24H19N3O6/c1-33-21-11-14(3-7-20(21)27(31)32)13-2-5-16-18(10-13)25-17-6-4-15(12-19(17)26-22(16)28)24(8-9-24)23(29)30/h2-7,10-12,25H,8-9H2,1H3,(H,26,28)(H,29,30). The van der Waals surface area contributed by atoms with Crippen LogP contribution in [-0.2, 0) is 10.2 Å². The number of rotatable bonds is 5. The predicted molar refractivity (Wildman–Crippen MR) is 121 cm³/mol. The Morgan fingerprint density at radius 2 is 1.73 bits per heavy atom. The van der Waals surface area contributed by atoms with Gasteiger partial charge >= 0.3 is 11.7 Å². The van der Waals surface area contributed by atoms with Gasteiger partial charge in [0.2, 0.25) is 0 Å². The number of fused-ring (bicyclic) bond motifs is 2. The van der Waals surface area contributed by atoms with Crippen molar-refractivity contribution in [3.05, 3.63) is 75.8 Å². The molecule has 166 valence electrons. The molecule has 0 aromatic heterocycles. The smallest absolute Gasteiger partial charge is 0.314 e. The van der Waals surface area contributed by atoms with Gasteiger partial charge in [-0.05, 0) is 65.9 Å². The van der Waals surface area contributed by atoms with Gasteiger partial charge in [0.15, 0.2) is 5.75 Å². The number of ether oxygens (including phenoxy) is 1. The minimum absolute atomic E-state index is 0.131. The molecule has 1 aliphatic heterocycles. The van der Waals surface area contributed by atoms with E-state index in [0.29, 0.717) is 46.6 Å². The van der Waals surface area contributed by atoms with Crippen molar-refractivity contribution in [2.75, 3.05) is 17.7 Å². The van der Waals surface area contributed by atoms with Crippen LogP contribution in [0.5, 0.6) is 5.75 Å². The molecule has 0 spiro atoms. The van der Waals surface area contributed by atoms with E-state index in [1.54, 1.807) is 48.5 Å². The number of nitro groups is 1. The maximum atomic E-state index is 12.9. The molecule has 1 amide bonds. The molecule has 3 N–H and O–H groups in total. The van der Waals surface area contributed by atoms with Crippen LogP contribution in [0.1, 0.15) is 28.8 Å². The zero-order valence-electron chi connectivity index (χ0n) is 17.5. The highest BCUT2D eigenvalue weighted by atomic mass is 16.6. The molecule has 0 bridgehead atoms. The zero-order valence-corrected chi connectivity index (χ0v) is 17.5. The number of carboxylic acid groups (broad SMARTS) is 1. The fraction of sp³-hybridized carbons (Fsp3) is 0.167. The van der Waals surface area contributed by atoms with Crippen molar-refractivity contribution in [3.63, 3.8) is 0 Å². The third kappa shape index (κ3) is 3.34. The highest BCUT2D eigenvalue weighted by molar-refractivity contribution is 6.12. The van der Waals surface area contributed by atoms with Gasteiger partial charge in [-0.3, -0.25) is 19.7 Å². The van der Waals surface area contributed by atoms with E-state index in [0.717, 1.165) is 5.56 Å². The number of amides is 1. The number of carboxylic acids is 1. The molecule has 33 heavy (non-hydrogen) atoms. The van der Waals surface area contributed by atoms with Gasteiger partial charge in [0.25, 0.3) is 5.91 Å². The van der Waals surface area contributed by atoms with Crippen molar-refractivity contribution >= 4 is 34.6 Å². The lowest BCUT2D eigenvalue weighted by Gasteiger charge is -2.15. The monoisotopic (exact) mass is 445 g/mol. The minimum atomic E-state index is -0.874. The van der Waals surface area contributed by atoms with Crippen molar-refractivity contribution < 1.29 is 24.4 Å². The minimum Gasteiger partial charge on any atom is -0.490 e. The molecule has 0 atom stereocenters. The molecular formula is C24H19N3O6. The number of hydrogen-bond donors (Lipinski definition) is 3. The van der Waals surface area contributed by atoms with Crippen molar-refractivity contribution in [3.8, 4) is 16.9 Å². The molecule has 0 radical (unpaired) electrons. The summed E-state index contributed by atoms with van der Waals surface area (Å²) in [6, 6.07) is 15.1. The Morgan fingerprint density at radius 3 is 2.39 bits per heavy atom. The summed E-state index contributed by atoms with van der Waals surface area (Å²) in [6.07, 6.45) is 1.15. The predicted octanol–water partition coefficient (Wildman–Crippen LogP) is 4.70. The number of anilines is 3. The molecule has 3 aromatic rings. The molecule has 5 rings (SSSR count).